The molecule has 1 fully saturated rings. The van der Waals surface area contributed by atoms with Gasteiger partial charge in [-0.1, -0.05) is 11.3 Å². The molecule has 2 heterocycles. The summed E-state index contributed by atoms with van der Waals surface area (Å²) in [5, 5.41) is 0.776. The van der Waals surface area contributed by atoms with E-state index in [1.54, 1.807) is 45.2 Å². The van der Waals surface area contributed by atoms with Crippen LogP contribution in [0.1, 0.15) is 22.3 Å². The van der Waals surface area contributed by atoms with Crippen molar-refractivity contribution in [2.75, 3.05) is 38.3 Å². The fourth-order valence-corrected chi connectivity index (χ4v) is 3.69. The van der Waals surface area contributed by atoms with Gasteiger partial charge in [0.2, 0.25) is 0 Å². The number of rotatable bonds is 6. The Kier molecular flexibility index (Phi) is 6.89. The highest BCUT2D eigenvalue weighted by Gasteiger charge is 2.22. The van der Waals surface area contributed by atoms with Crippen LogP contribution >= 0.6 is 11.3 Å². The Balaban J connectivity index is 1.52. The Morgan fingerprint density at radius 1 is 1.17 bits per heavy atom. The summed E-state index contributed by atoms with van der Waals surface area (Å²) in [5.41, 5.74) is 5.44. The van der Waals surface area contributed by atoms with E-state index >= 15 is 0 Å². The number of amides is 2. The fraction of sp³-hybridized carbons (Fsp3) is 0.421. The molecule has 2 amide bonds. The number of anilines is 1. The van der Waals surface area contributed by atoms with E-state index in [0.29, 0.717) is 35.3 Å². The molecule has 0 radical (unpaired) electrons. The summed E-state index contributed by atoms with van der Waals surface area (Å²) in [6.07, 6.45) is -0.796. The Morgan fingerprint density at radius 3 is 2.48 bits per heavy atom. The van der Waals surface area contributed by atoms with Crippen molar-refractivity contribution >= 4 is 28.3 Å². The number of methoxy groups -OCH3 is 1. The molecule has 1 saturated heterocycles. The molecule has 2 aromatic rings. The van der Waals surface area contributed by atoms with E-state index in [2.05, 4.69) is 20.7 Å². The number of hydrazine groups is 1. The van der Waals surface area contributed by atoms with Gasteiger partial charge in [0.25, 0.3) is 11.8 Å². The van der Waals surface area contributed by atoms with Crippen LogP contribution < -0.4 is 25.2 Å². The molecule has 0 bridgehead atoms. The Labute approximate surface area is 172 Å². The first-order valence-corrected chi connectivity index (χ1v) is 10.0. The van der Waals surface area contributed by atoms with Gasteiger partial charge in [-0.15, -0.1) is 0 Å². The monoisotopic (exact) mass is 420 g/mol. The molecular weight excluding hydrogens is 396 g/mol. The van der Waals surface area contributed by atoms with Gasteiger partial charge in [0.15, 0.2) is 11.2 Å². The van der Waals surface area contributed by atoms with Crippen molar-refractivity contribution in [3.05, 3.63) is 34.8 Å². The molecule has 0 spiro atoms. The van der Waals surface area contributed by atoms with Crippen molar-refractivity contribution in [1.82, 2.24) is 15.8 Å². The number of benzene rings is 1. The zero-order valence-electron chi connectivity index (χ0n) is 16.6. The molecule has 1 aromatic carbocycles. The number of aryl methyl sites for hydroxylation is 1. The Morgan fingerprint density at radius 2 is 1.83 bits per heavy atom. The standard InChI is InChI=1S/C19H24N4O5S/c1-12-16(29-19(20-12)23-8-10-27-11-9-23)18(25)22-21-17(24)13(2)28-15-6-4-14(26-3)5-7-15/h4-7,13H,8-11H2,1-3H3,(H,21,24)(H,22,25). The van der Waals surface area contributed by atoms with Crippen molar-refractivity contribution in [3.8, 4) is 11.5 Å². The summed E-state index contributed by atoms with van der Waals surface area (Å²) in [6, 6.07) is 6.88. The van der Waals surface area contributed by atoms with E-state index < -0.39 is 17.9 Å². The van der Waals surface area contributed by atoms with E-state index in [9.17, 15) is 9.59 Å². The maximum absolute atomic E-state index is 12.5. The van der Waals surface area contributed by atoms with Crippen LogP contribution in [-0.2, 0) is 9.53 Å². The predicted octanol–water partition coefficient (Wildman–Crippen LogP) is 1.53. The van der Waals surface area contributed by atoms with Crippen LogP contribution in [0.4, 0.5) is 5.13 Å². The van der Waals surface area contributed by atoms with Crippen molar-refractivity contribution in [2.24, 2.45) is 0 Å². The van der Waals surface area contributed by atoms with Crippen LogP contribution in [0.15, 0.2) is 24.3 Å². The lowest BCUT2D eigenvalue weighted by Gasteiger charge is -2.25. The third-order valence-electron chi connectivity index (χ3n) is 4.31. The maximum atomic E-state index is 12.5. The summed E-state index contributed by atoms with van der Waals surface area (Å²) in [5.74, 6) is 0.334. The highest BCUT2D eigenvalue weighted by Crippen LogP contribution is 2.26. The number of aromatic nitrogens is 1. The van der Waals surface area contributed by atoms with Crippen LogP contribution in [0, 0.1) is 6.92 Å². The van der Waals surface area contributed by atoms with Crippen LogP contribution in [0.3, 0.4) is 0 Å². The maximum Gasteiger partial charge on any atom is 0.281 e. The van der Waals surface area contributed by atoms with Crippen LogP contribution in [0.25, 0.3) is 0 Å². The SMILES string of the molecule is COc1ccc(OC(C)C(=O)NNC(=O)c2sc(N3CCOCC3)nc2C)cc1. The molecule has 10 heteroatoms. The lowest BCUT2D eigenvalue weighted by Crippen LogP contribution is -2.47. The van der Waals surface area contributed by atoms with Gasteiger partial charge in [-0.2, -0.15) is 0 Å². The highest BCUT2D eigenvalue weighted by atomic mass is 32.1. The van der Waals surface area contributed by atoms with E-state index in [1.165, 1.54) is 11.3 Å². The minimum atomic E-state index is -0.796. The van der Waals surface area contributed by atoms with Gasteiger partial charge in [-0.25, -0.2) is 4.98 Å². The summed E-state index contributed by atoms with van der Waals surface area (Å²) in [6.45, 7) is 6.13. The summed E-state index contributed by atoms with van der Waals surface area (Å²) in [4.78, 5) is 31.7. The van der Waals surface area contributed by atoms with Crippen LogP contribution in [0.5, 0.6) is 11.5 Å². The average Bonchev–Trinajstić information content (AvgIpc) is 3.14. The summed E-state index contributed by atoms with van der Waals surface area (Å²) in [7, 11) is 1.57. The fourth-order valence-electron chi connectivity index (χ4n) is 2.67. The Bertz CT molecular complexity index is 849. The molecule has 3 rings (SSSR count). The zero-order chi connectivity index (χ0) is 20.8. The number of thiazole rings is 1. The van der Waals surface area contributed by atoms with Crippen LogP contribution in [0.2, 0.25) is 0 Å². The number of hydrogen-bond donors (Lipinski definition) is 2. The van der Waals surface area contributed by atoms with E-state index in [1.807, 2.05) is 0 Å². The first-order chi connectivity index (χ1) is 14.0. The lowest BCUT2D eigenvalue weighted by atomic mass is 10.3. The number of hydrogen-bond acceptors (Lipinski definition) is 8. The zero-order valence-corrected chi connectivity index (χ0v) is 17.4. The number of nitrogens with zero attached hydrogens (tertiary/aromatic N) is 2. The Hall–Kier alpha value is -2.85. The van der Waals surface area contributed by atoms with Gasteiger partial charge in [0.1, 0.15) is 16.4 Å². The van der Waals surface area contributed by atoms with Gasteiger partial charge >= 0.3 is 0 Å². The van der Waals surface area contributed by atoms with Crippen molar-refractivity contribution < 1.29 is 23.8 Å². The van der Waals surface area contributed by atoms with Crippen molar-refractivity contribution in [1.29, 1.82) is 0 Å². The smallest absolute Gasteiger partial charge is 0.281 e. The molecule has 29 heavy (non-hydrogen) atoms. The van der Waals surface area contributed by atoms with Gasteiger partial charge < -0.3 is 19.1 Å². The third kappa shape index (κ3) is 5.36. The second-order valence-corrected chi connectivity index (χ2v) is 7.37. The molecular formula is C19H24N4O5S. The third-order valence-corrected chi connectivity index (χ3v) is 5.53. The molecule has 1 aliphatic rings. The van der Waals surface area contributed by atoms with E-state index in [-0.39, 0.29) is 0 Å². The second kappa shape index (κ2) is 9.57. The quantitative estimate of drug-likeness (QED) is 0.683. The summed E-state index contributed by atoms with van der Waals surface area (Å²) < 4.78 is 16.0. The topological polar surface area (TPSA) is 102 Å². The molecule has 0 aliphatic carbocycles. The normalized spacial score (nSPS) is 14.8. The molecule has 1 aromatic heterocycles. The number of nitrogens with one attached hydrogen (secondary N) is 2. The molecule has 1 aliphatic heterocycles. The van der Waals surface area contributed by atoms with Crippen LogP contribution in [-0.4, -0.2) is 56.3 Å². The van der Waals surface area contributed by atoms with Gasteiger partial charge in [-0.3, -0.25) is 20.4 Å². The van der Waals surface area contributed by atoms with Crippen molar-refractivity contribution in [3.63, 3.8) is 0 Å². The first kappa shape index (κ1) is 20.9. The van der Waals surface area contributed by atoms with Crippen molar-refractivity contribution in [2.45, 2.75) is 20.0 Å². The van der Waals surface area contributed by atoms with E-state index in [4.69, 9.17) is 14.2 Å². The van der Waals surface area contributed by atoms with Gasteiger partial charge in [0.05, 0.1) is 26.0 Å². The number of carbonyl (C=O) groups excluding carboxylic acids is 2. The minimum Gasteiger partial charge on any atom is -0.497 e. The number of ether oxygens (including phenoxy) is 3. The largest absolute Gasteiger partial charge is 0.497 e. The lowest BCUT2D eigenvalue weighted by molar-refractivity contribution is -0.128. The van der Waals surface area contributed by atoms with Gasteiger partial charge in [0, 0.05) is 13.1 Å². The molecule has 0 saturated carbocycles. The predicted molar refractivity (Wildman–Crippen MR) is 109 cm³/mol. The number of morpholine rings is 1. The molecule has 156 valence electrons. The molecule has 9 nitrogen and oxygen atoms in total. The summed E-state index contributed by atoms with van der Waals surface area (Å²) >= 11 is 1.29. The highest BCUT2D eigenvalue weighted by molar-refractivity contribution is 7.17. The first-order valence-electron chi connectivity index (χ1n) is 9.19. The molecule has 1 atom stereocenters. The molecule has 2 N–H and O–H groups in total. The molecule has 1 unspecified atom stereocenters. The average molecular weight is 420 g/mol. The number of carbonyl (C=O) groups is 2. The minimum absolute atomic E-state index is 0.412. The second-order valence-electron chi connectivity index (χ2n) is 6.39. The van der Waals surface area contributed by atoms with Gasteiger partial charge in [-0.05, 0) is 38.1 Å². The van der Waals surface area contributed by atoms with E-state index in [0.717, 1.165) is 18.2 Å².